The summed E-state index contributed by atoms with van der Waals surface area (Å²) < 4.78 is 3.47. The summed E-state index contributed by atoms with van der Waals surface area (Å²) in [6.45, 7) is 3.84. The standard InChI is InChI=1S/C19H16ClN3O/c1-13-18(8-7-15-5-4-6-16(20)11-15)21-14(2)23(13)17-9-10-22(3)19(24)12-17/h4-6,9-12H,1-3H3. The molecule has 24 heavy (non-hydrogen) atoms. The Morgan fingerprint density at radius 3 is 2.62 bits per heavy atom. The van der Waals surface area contributed by atoms with Crippen molar-refractivity contribution >= 4 is 11.6 Å². The lowest BCUT2D eigenvalue weighted by Gasteiger charge is -2.08. The van der Waals surface area contributed by atoms with Crippen LogP contribution in [-0.2, 0) is 7.05 Å². The normalized spacial score (nSPS) is 10.3. The molecule has 5 heteroatoms. The van der Waals surface area contributed by atoms with Crippen LogP contribution in [0.1, 0.15) is 22.8 Å². The van der Waals surface area contributed by atoms with Crippen molar-refractivity contribution in [1.82, 2.24) is 14.1 Å². The van der Waals surface area contributed by atoms with Crippen LogP contribution in [-0.4, -0.2) is 14.1 Å². The lowest BCUT2D eigenvalue weighted by molar-refractivity contribution is 0.843. The number of hydrogen-bond donors (Lipinski definition) is 0. The first-order valence-corrected chi connectivity index (χ1v) is 7.84. The minimum Gasteiger partial charge on any atom is -0.318 e. The number of halogens is 1. The second-order valence-electron chi connectivity index (χ2n) is 5.52. The Morgan fingerprint density at radius 1 is 1.12 bits per heavy atom. The van der Waals surface area contributed by atoms with Gasteiger partial charge in [-0.25, -0.2) is 4.98 Å². The van der Waals surface area contributed by atoms with Crippen molar-refractivity contribution in [2.24, 2.45) is 7.05 Å². The van der Waals surface area contributed by atoms with Gasteiger partial charge in [0.05, 0.1) is 11.4 Å². The summed E-state index contributed by atoms with van der Waals surface area (Å²) in [5, 5.41) is 0.653. The van der Waals surface area contributed by atoms with Gasteiger partial charge in [0.15, 0.2) is 0 Å². The average molecular weight is 338 g/mol. The third-order valence-corrected chi connectivity index (χ3v) is 4.01. The summed E-state index contributed by atoms with van der Waals surface area (Å²) in [5.41, 5.74) is 3.15. The fourth-order valence-corrected chi connectivity index (χ4v) is 2.71. The number of rotatable bonds is 1. The van der Waals surface area contributed by atoms with Crippen LogP contribution in [0.5, 0.6) is 0 Å². The summed E-state index contributed by atoms with van der Waals surface area (Å²) >= 11 is 5.98. The zero-order valence-electron chi connectivity index (χ0n) is 13.7. The molecular weight excluding hydrogens is 322 g/mol. The van der Waals surface area contributed by atoms with Crippen LogP contribution in [0.2, 0.25) is 5.02 Å². The third kappa shape index (κ3) is 3.12. The zero-order chi connectivity index (χ0) is 17.3. The van der Waals surface area contributed by atoms with Crippen LogP contribution >= 0.6 is 11.6 Å². The number of hydrogen-bond acceptors (Lipinski definition) is 2. The van der Waals surface area contributed by atoms with Gasteiger partial charge < -0.3 is 4.57 Å². The number of aromatic nitrogens is 3. The first kappa shape index (κ1) is 16.1. The van der Waals surface area contributed by atoms with Crippen LogP contribution in [0.15, 0.2) is 47.4 Å². The molecule has 4 nitrogen and oxygen atoms in total. The molecule has 3 aromatic rings. The van der Waals surface area contributed by atoms with Crippen LogP contribution in [0.25, 0.3) is 5.69 Å². The molecule has 0 aliphatic carbocycles. The van der Waals surface area contributed by atoms with E-state index >= 15 is 0 Å². The molecule has 0 amide bonds. The largest absolute Gasteiger partial charge is 0.318 e. The minimum atomic E-state index is -0.0634. The fraction of sp³-hybridized carbons (Fsp3) is 0.158. The molecule has 0 saturated carbocycles. The third-order valence-electron chi connectivity index (χ3n) is 3.77. The lowest BCUT2D eigenvalue weighted by atomic mass is 10.2. The van der Waals surface area contributed by atoms with Crippen molar-refractivity contribution in [2.75, 3.05) is 0 Å². The van der Waals surface area contributed by atoms with E-state index in [1.54, 1.807) is 19.3 Å². The van der Waals surface area contributed by atoms with E-state index in [1.165, 1.54) is 4.57 Å². The molecule has 0 radical (unpaired) electrons. The first-order chi connectivity index (χ1) is 11.5. The molecule has 0 unspecified atom stereocenters. The summed E-state index contributed by atoms with van der Waals surface area (Å²) in [7, 11) is 1.72. The van der Waals surface area contributed by atoms with Crippen LogP contribution in [0.3, 0.4) is 0 Å². The molecule has 1 aromatic carbocycles. The van der Waals surface area contributed by atoms with E-state index < -0.39 is 0 Å². The van der Waals surface area contributed by atoms with E-state index in [2.05, 4.69) is 16.8 Å². The van der Waals surface area contributed by atoms with Crippen molar-refractivity contribution in [3.63, 3.8) is 0 Å². The topological polar surface area (TPSA) is 39.8 Å². The van der Waals surface area contributed by atoms with Crippen molar-refractivity contribution in [3.8, 4) is 17.5 Å². The molecule has 0 bridgehead atoms. The van der Waals surface area contributed by atoms with Crippen LogP contribution in [0, 0.1) is 25.7 Å². The van der Waals surface area contributed by atoms with Gasteiger partial charge >= 0.3 is 0 Å². The Hall–Kier alpha value is -2.77. The highest BCUT2D eigenvalue weighted by Crippen LogP contribution is 2.16. The second kappa shape index (κ2) is 6.38. The van der Waals surface area contributed by atoms with E-state index in [4.69, 9.17) is 11.6 Å². The molecule has 3 rings (SSSR count). The number of nitrogens with zero attached hydrogens (tertiary/aromatic N) is 3. The Morgan fingerprint density at radius 2 is 1.92 bits per heavy atom. The zero-order valence-corrected chi connectivity index (χ0v) is 14.4. The lowest BCUT2D eigenvalue weighted by Crippen LogP contribution is -2.16. The van der Waals surface area contributed by atoms with Gasteiger partial charge in [0.2, 0.25) is 0 Å². The van der Waals surface area contributed by atoms with Gasteiger partial charge in [-0.05, 0) is 44.0 Å². The maximum absolute atomic E-state index is 11.9. The minimum absolute atomic E-state index is 0.0634. The highest BCUT2D eigenvalue weighted by Gasteiger charge is 2.11. The monoisotopic (exact) mass is 337 g/mol. The quantitative estimate of drug-likeness (QED) is 0.639. The number of benzene rings is 1. The Bertz CT molecular complexity index is 1030. The summed E-state index contributed by atoms with van der Waals surface area (Å²) in [6, 6.07) is 10.9. The van der Waals surface area contributed by atoms with E-state index in [1.807, 2.05) is 48.7 Å². The number of imidazole rings is 1. The van der Waals surface area contributed by atoms with Gasteiger partial charge in [-0.1, -0.05) is 23.6 Å². The SMILES string of the molecule is Cc1nc(C#Cc2cccc(Cl)c2)c(C)n1-c1ccn(C)c(=O)c1. The molecule has 0 fully saturated rings. The summed E-state index contributed by atoms with van der Waals surface area (Å²) in [4.78, 5) is 16.4. The Labute approximate surface area is 145 Å². The van der Waals surface area contributed by atoms with Crippen LogP contribution in [0.4, 0.5) is 0 Å². The van der Waals surface area contributed by atoms with Gasteiger partial charge in [0.25, 0.3) is 5.56 Å². The van der Waals surface area contributed by atoms with Gasteiger partial charge in [0.1, 0.15) is 11.5 Å². The van der Waals surface area contributed by atoms with Gasteiger partial charge in [-0.3, -0.25) is 9.36 Å². The molecule has 0 aliphatic rings. The summed E-state index contributed by atoms with van der Waals surface area (Å²) in [6.07, 6.45) is 1.74. The number of pyridine rings is 1. The van der Waals surface area contributed by atoms with Crippen LogP contribution < -0.4 is 5.56 Å². The van der Waals surface area contributed by atoms with Gasteiger partial charge in [0, 0.05) is 29.9 Å². The van der Waals surface area contributed by atoms with E-state index in [0.29, 0.717) is 10.7 Å². The van der Waals surface area contributed by atoms with E-state index in [9.17, 15) is 4.79 Å². The smallest absolute Gasteiger partial charge is 0.252 e. The van der Waals surface area contributed by atoms with Gasteiger partial charge in [-0.2, -0.15) is 0 Å². The van der Waals surface area contributed by atoms with Crippen molar-refractivity contribution < 1.29 is 0 Å². The molecule has 0 spiro atoms. The molecule has 0 saturated heterocycles. The van der Waals surface area contributed by atoms with Crippen molar-refractivity contribution in [1.29, 1.82) is 0 Å². The number of aryl methyl sites for hydroxylation is 2. The molecule has 120 valence electrons. The fourth-order valence-electron chi connectivity index (χ4n) is 2.51. The predicted molar refractivity (Wildman–Crippen MR) is 95.7 cm³/mol. The van der Waals surface area contributed by atoms with Gasteiger partial charge in [-0.15, -0.1) is 0 Å². The highest BCUT2D eigenvalue weighted by atomic mass is 35.5. The molecule has 0 atom stereocenters. The maximum Gasteiger partial charge on any atom is 0.252 e. The molecule has 0 aliphatic heterocycles. The van der Waals surface area contributed by atoms with E-state index in [0.717, 1.165) is 22.8 Å². The molecular formula is C19H16ClN3O. The second-order valence-corrected chi connectivity index (χ2v) is 5.96. The van der Waals surface area contributed by atoms with Crippen molar-refractivity contribution in [3.05, 3.63) is 80.7 Å². The molecule has 2 aromatic heterocycles. The Kier molecular flexibility index (Phi) is 4.28. The predicted octanol–water partition coefficient (Wildman–Crippen LogP) is 3.24. The highest BCUT2D eigenvalue weighted by molar-refractivity contribution is 6.30. The van der Waals surface area contributed by atoms with Crippen molar-refractivity contribution in [2.45, 2.75) is 13.8 Å². The molecule has 2 heterocycles. The Balaban J connectivity index is 2.04. The summed E-state index contributed by atoms with van der Waals surface area (Å²) in [5.74, 6) is 6.96. The molecule has 0 N–H and O–H groups in total. The maximum atomic E-state index is 11.9. The van der Waals surface area contributed by atoms with E-state index in [-0.39, 0.29) is 5.56 Å². The average Bonchev–Trinajstić information content (AvgIpc) is 2.82. The first-order valence-electron chi connectivity index (χ1n) is 7.46.